The Hall–Kier alpha value is -2.63. The topological polar surface area (TPSA) is 70.2 Å². The number of benzene rings is 1. The maximum absolute atomic E-state index is 11.2. The predicted molar refractivity (Wildman–Crippen MR) is 101 cm³/mol. The normalized spacial score (nSPS) is 15.1. The molecule has 1 fully saturated rings. The minimum atomic E-state index is -0.0864. The second kappa shape index (κ2) is 7.51. The van der Waals surface area contributed by atoms with Gasteiger partial charge < -0.3 is 15.5 Å². The van der Waals surface area contributed by atoms with Crippen LogP contribution in [0.1, 0.15) is 32.5 Å². The first-order valence-electron chi connectivity index (χ1n) is 8.75. The van der Waals surface area contributed by atoms with E-state index < -0.39 is 0 Å². The Morgan fingerprint density at radius 3 is 2.60 bits per heavy atom. The summed E-state index contributed by atoms with van der Waals surface area (Å²) in [6.45, 7) is 7.79. The van der Waals surface area contributed by atoms with Gasteiger partial charge in [-0.3, -0.25) is 4.79 Å². The molecule has 2 aromatic rings. The van der Waals surface area contributed by atoms with E-state index >= 15 is 0 Å². The molecule has 2 N–H and O–H groups in total. The number of piperidine rings is 1. The predicted octanol–water partition coefficient (Wildman–Crippen LogP) is 3.72. The van der Waals surface area contributed by atoms with Gasteiger partial charge in [0.25, 0.3) is 0 Å². The standard InChI is InChI=1S/C19H25N5O/c1-13-7-9-24(10-8-13)19-12-18(20-14(2)21-19)23-17-6-4-5-16(11-17)22-15(3)25/h4-6,11-13H,7-10H2,1-3H3,(H,22,25)(H,20,21,23). The molecule has 3 rings (SSSR count). The van der Waals surface area contributed by atoms with Crippen LogP contribution in [0, 0.1) is 12.8 Å². The van der Waals surface area contributed by atoms with Crippen LogP contribution >= 0.6 is 0 Å². The van der Waals surface area contributed by atoms with E-state index in [1.807, 2.05) is 37.3 Å². The highest BCUT2D eigenvalue weighted by Gasteiger charge is 2.18. The minimum Gasteiger partial charge on any atom is -0.356 e. The maximum Gasteiger partial charge on any atom is 0.221 e. The Morgan fingerprint density at radius 1 is 1.16 bits per heavy atom. The highest BCUT2D eigenvalue weighted by molar-refractivity contribution is 5.89. The first-order chi connectivity index (χ1) is 12.0. The smallest absolute Gasteiger partial charge is 0.221 e. The zero-order valence-electron chi connectivity index (χ0n) is 15.0. The largest absolute Gasteiger partial charge is 0.356 e. The van der Waals surface area contributed by atoms with Gasteiger partial charge in [-0.05, 0) is 43.9 Å². The third-order valence-corrected chi connectivity index (χ3v) is 4.39. The highest BCUT2D eigenvalue weighted by atomic mass is 16.1. The van der Waals surface area contributed by atoms with E-state index in [0.29, 0.717) is 0 Å². The summed E-state index contributed by atoms with van der Waals surface area (Å²) in [5, 5.41) is 6.11. The van der Waals surface area contributed by atoms with Gasteiger partial charge in [0.2, 0.25) is 5.91 Å². The van der Waals surface area contributed by atoms with Crippen molar-refractivity contribution in [3.8, 4) is 0 Å². The van der Waals surface area contributed by atoms with Gasteiger partial charge in [-0.25, -0.2) is 9.97 Å². The van der Waals surface area contributed by atoms with Crippen LogP contribution in [0.4, 0.5) is 23.0 Å². The van der Waals surface area contributed by atoms with Crippen LogP contribution in [0.3, 0.4) is 0 Å². The van der Waals surface area contributed by atoms with E-state index in [-0.39, 0.29) is 5.91 Å². The van der Waals surface area contributed by atoms with Crippen molar-refractivity contribution in [2.45, 2.75) is 33.6 Å². The first kappa shape index (κ1) is 17.2. The molecule has 0 bridgehead atoms. The monoisotopic (exact) mass is 339 g/mol. The van der Waals surface area contributed by atoms with Crippen molar-refractivity contribution in [1.82, 2.24) is 9.97 Å². The molecule has 25 heavy (non-hydrogen) atoms. The van der Waals surface area contributed by atoms with Crippen molar-refractivity contribution >= 4 is 28.9 Å². The summed E-state index contributed by atoms with van der Waals surface area (Å²) < 4.78 is 0. The molecular weight excluding hydrogens is 314 g/mol. The number of hydrogen-bond acceptors (Lipinski definition) is 5. The van der Waals surface area contributed by atoms with Crippen LogP contribution in [0.5, 0.6) is 0 Å². The molecule has 1 aliphatic heterocycles. The molecule has 0 unspecified atom stereocenters. The van der Waals surface area contributed by atoms with E-state index in [0.717, 1.165) is 47.8 Å². The quantitative estimate of drug-likeness (QED) is 0.888. The van der Waals surface area contributed by atoms with Gasteiger partial charge in [-0.1, -0.05) is 13.0 Å². The number of carbonyl (C=O) groups is 1. The fourth-order valence-electron chi connectivity index (χ4n) is 3.04. The molecule has 1 aromatic carbocycles. The lowest BCUT2D eigenvalue weighted by atomic mass is 9.99. The highest BCUT2D eigenvalue weighted by Crippen LogP contribution is 2.25. The third-order valence-electron chi connectivity index (χ3n) is 4.39. The van der Waals surface area contributed by atoms with Crippen LogP contribution < -0.4 is 15.5 Å². The molecule has 132 valence electrons. The molecule has 1 aromatic heterocycles. The number of nitrogens with one attached hydrogen (secondary N) is 2. The number of rotatable bonds is 4. The average Bonchev–Trinajstić information content (AvgIpc) is 2.54. The van der Waals surface area contributed by atoms with Crippen molar-refractivity contribution in [3.63, 3.8) is 0 Å². The lowest BCUT2D eigenvalue weighted by molar-refractivity contribution is -0.114. The number of carbonyl (C=O) groups excluding carboxylic acids is 1. The number of amides is 1. The number of aromatic nitrogens is 2. The molecule has 0 radical (unpaired) electrons. The molecule has 6 nitrogen and oxygen atoms in total. The maximum atomic E-state index is 11.2. The molecule has 0 spiro atoms. The lowest BCUT2D eigenvalue weighted by Gasteiger charge is -2.31. The Balaban J connectivity index is 1.77. The molecule has 1 aliphatic rings. The Kier molecular flexibility index (Phi) is 5.16. The summed E-state index contributed by atoms with van der Waals surface area (Å²) in [6.07, 6.45) is 2.40. The zero-order chi connectivity index (χ0) is 17.8. The molecule has 6 heteroatoms. The zero-order valence-corrected chi connectivity index (χ0v) is 15.0. The first-order valence-corrected chi connectivity index (χ1v) is 8.75. The van der Waals surface area contributed by atoms with Crippen molar-refractivity contribution < 1.29 is 4.79 Å². The number of hydrogen-bond donors (Lipinski definition) is 2. The van der Waals surface area contributed by atoms with Gasteiger partial charge >= 0.3 is 0 Å². The molecular formula is C19H25N5O. The minimum absolute atomic E-state index is 0.0864. The molecule has 2 heterocycles. The van der Waals surface area contributed by atoms with E-state index in [4.69, 9.17) is 0 Å². The molecule has 0 saturated carbocycles. The SMILES string of the molecule is CC(=O)Nc1cccc(Nc2cc(N3CCC(C)CC3)nc(C)n2)c1. The van der Waals surface area contributed by atoms with Crippen LogP contribution in [0.15, 0.2) is 30.3 Å². The van der Waals surface area contributed by atoms with Gasteiger partial charge in [0.05, 0.1) is 0 Å². The molecule has 0 aliphatic carbocycles. The molecule has 0 atom stereocenters. The molecule has 1 saturated heterocycles. The fraction of sp³-hybridized carbons (Fsp3) is 0.421. The summed E-state index contributed by atoms with van der Waals surface area (Å²) in [5.41, 5.74) is 1.64. The lowest BCUT2D eigenvalue weighted by Crippen LogP contribution is -2.33. The Morgan fingerprint density at radius 2 is 1.88 bits per heavy atom. The summed E-state index contributed by atoms with van der Waals surface area (Å²) in [4.78, 5) is 22.6. The second-order valence-electron chi connectivity index (χ2n) is 6.72. The average molecular weight is 339 g/mol. The summed E-state index contributed by atoms with van der Waals surface area (Å²) in [6, 6.07) is 9.59. The number of anilines is 4. The van der Waals surface area contributed by atoms with Gasteiger partial charge in [0, 0.05) is 37.5 Å². The fourth-order valence-corrected chi connectivity index (χ4v) is 3.04. The van der Waals surface area contributed by atoms with Gasteiger partial charge in [0.15, 0.2) is 0 Å². The Labute approximate surface area is 148 Å². The van der Waals surface area contributed by atoms with E-state index in [2.05, 4.69) is 32.4 Å². The number of aryl methyl sites for hydroxylation is 1. The van der Waals surface area contributed by atoms with E-state index in [9.17, 15) is 4.79 Å². The van der Waals surface area contributed by atoms with Crippen LogP contribution in [0.25, 0.3) is 0 Å². The van der Waals surface area contributed by atoms with Crippen LogP contribution in [0.2, 0.25) is 0 Å². The molecule has 1 amide bonds. The van der Waals surface area contributed by atoms with Gasteiger partial charge in [-0.2, -0.15) is 0 Å². The van der Waals surface area contributed by atoms with Crippen LogP contribution in [-0.2, 0) is 4.79 Å². The van der Waals surface area contributed by atoms with E-state index in [1.165, 1.54) is 19.8 Å². The van der Waals surface area contributed by atoms with Crippen molar-refractivity contribution in [3.05, 3.63) is 36.2 Å². The van der Waals surface area contributed by atoms with Crippen molar-refractivity contribution in [2.24, 2.45) is 5.92 Å². The third kappa shape index (κ3) is 4.68. The summed E-state index contributed by atoms with van der Waals surface area (Å²) in [5.74, 6) is 3.18. The van der Waals surface area contributed by atoms with Gasteiger partial charge in [0.1, 0.15) is 17.5 Å². The summed E-state index contributed by atoms with van der Waals surface area (Å²) in [7, 11) is 0. The van der Waals surface area contributed by atoms with Crippen LogP contribution in [-0.4, -0.2) is 29.0 Å². The van der Waals surface area contributed by atoms with Gasteiger partial charge in [-0.15, -0.1) is 0 Å². The summed E-state index contributed by atoms with van der Waals surface area (Å²) >= 11 is 0. The second-order valence-corrected chi connectivity index (χ2v) is 6.72. The van der Waals surface area contributed by atoms with E-state index in [1.54, 1.807) is 0 Å². The Bertz CT molecular complexity index is 753. The van der Waals surface area contributed by atoms with Crippen molar-refractivity contribution in [2.75, 3.05) is 28.6 Å². The number of nitrogens with zero attached hydrogens (tertiary/aromatic N) is 3. The van der Waals surface area contributed by atoms with Crippen molar-refractivity contribution in [1.29, 1.82) is 0 Å².